The van der Waals surface area contributed by atoms with Gasteiger partial charge in [-0.05, 0) is 60.0 Å². The van der Waals surface area contributed by atoms with Crippen LogP contribution in [0, 0.1) is 5.82 Å². The van der Waals surface area contributed by atoms with Gasteiger partial charge in [0.15, 0.2) is 11.6 Å². The van der Waals surface area contributed by atoms with E-state index in [1.165, 1.54) is 12.1 Å². The molecular weight excluding hydrogens is 355 g/mol. The molecular formula is C21H19FN6. The van der Waals surface area contributed by atoms with E-state index >= 15 is 0 Å². The molecule has 0 unspecified atom stereocenters. The third kappa shape index (κ3) is 3.94. The minimum absolute atomic E-state index is 0.296. The van der Waals surface area contributed by atoms with Gasteiger partial charge in [-0.25, -0.2) is 24.0 Å². The van der Waals surface area contributed by atoms with Crippen LogP contribution in [0.4, 0.5) is 4.39 Å². The first kappa shape index (κ1) is 17.9. The molecule has 0 aliphatic heterocycles. The van der Waals surface area contributed by atoms with Gasteiger partial charge >= 0.3 is 0 Å². The number of hydrogen-bond donors (Lipinski definition) is 1. The van der Waals surface area contributed by atoms with Crippen molar-refractivity contribution in [3.8, 4) is 17.2 Å². The summed E-state index contributed by atoms with van der Waals surface area (Å²) >= 11 is 0. The zero-order valence-corrected chi connectivity index (χ0v) is 15.2. The predicted molar refractivity (Wildman–Crippen MR) is 104 cm³/mol. The molecule has 0 radical (unpaired) electrons. The van der Waals surface area contributed by atoms with Gasteiger partial charge in [-0.1, -0.05) is 6.07 Å². The van der Waals surface area contributed by atoms with Crippen molar-refractivity contribution >= 4 is 0 Å². The van der Waals surface area contributed by atoms with Crippen molar-refractivity contribution < 1.29 is 4.39 Å². The minimum atomic E-state index is -0.296. The lowest BCUT2D eigenvalue weighted by Crippen LogP contribution is -2.04. The third-order valence-corrected chi connectivity index (χ3v) is 4.36. The normalized spacial score (nSPS) is 10.9. The number of halogens is 1. The monoisotopic (exact) mass is 374 g/mol. The number of nitrogens with zero attached hydrogens (tertiary/aromatic N) is 5. The lowest BCUT2D eigenvalue weighted by atomic mass is 10.0. The summed E-state index contributed by atoms with van der Waals surface area (Å²) in [7, 11) is 0. The summed E-state index contributed by atoms with van der Waals surface area (Å²) in [6, 6.07) is 10.3. The van der Waals surface area contributed by atoms with E-state index in [1.807, 2.05) is 24.4 Å². The molecule has 4 rings (SSSR count). The Balaban J connectivity index is 1.63. The molecule has 0 amide bonds. The van der Waals surface area contributed by atoms with E-state index in [0.29, 0.717) is 18.8 Å². The van der Waals surface area contributed by atoms with Crippen molar-refractivity contribution in [1.29, 1.82) is 0 Å². The second-order valence-corrected chi connectivity index (χ2v) is 6.41. The van der Waals surface area contributed by atoms with Crippen molar-refractivity contribution in [1.82, 2.24) is 24.7 Å². The molecule has 0 atom stereocenters. The van der Waals surface area contributed by atoms with Crippen molar-refractivity contribution in [2.24, 2.45) is 5.73 Å². The van der Waals surface area contributed by atoms with Gasteiger partial charge in [-0.2, -0.15) is 5.10 Å². The first-order valence-corrected chi connectivity index (χ1v) is 8.97. The second-order valence-electron chi connectivity index (χ2n) is 6.41. The average Bonchev–Trinajstić information content (AvgIpc) is 3.18. The molecule has 3 heterocycles. The van der Waals surface area contributed by atoms with Crippen molar-refractivity contribution in [2.45, 2.75) is 12.8 Å². The molecule has 0 aliphatic carbocycles. The summed E-state index contributed by atoms with van der Waals surface area (Å²) in [4.78, 5) is 13.1. The molecule has 0 fully saturated rings. The quantitative estimate of drug-likeness (QED) is 0.561. The molecule has 0 saturated heterocycles. The van der Waals surface area contributed by atoms with Gasteiger partial charge < -0.3 is 5.73 Å². The Morgan fingerprint density at radius 1 is 0.964 bits per heavy atom. The fourth-order valence-corrected chi connectivity index (χ4v) is 3.00. The van der Waals surface area contributed by atoms with E-state index in [4.69, 9.17) is 5.73 Å². The number of hydrogen-bond acceptors (Lipinski definition) is 5. The average molecular weight is 374 g/mol. The van der Waals surface area contributed by atoms with Crippen LogP contribution >= 0.6 is 0 Å². The molecule has 7 heteroatoms. The van der Waals surface area contributed by atoms with E-state index in [0.717, 1.165) is 34.5 Å². The molecule has 0 bridgehead atoms. The molecule has 0 saturated carbocycles. The highest BCUT2D eigenvalue weighted by Crippen LogP contribution is 2.24. The lowest BCUT2D eigenvalue weighted by Gasteiger charge is -2.08. The van der Waals surface area contributed by atoms with Crippen molar-refractivity contribution in [3.63, 3.8) is 0 Å². The Bertz CT molecular complexity index is 1060. The maximum Gasteiger partial charge on any atom is 0.159 e. The first-order valence-electron chi connectivity index (χ1n) is 8.97. The summed E-state index contributed by atoms with van der Waals surface area (Å²) in [5.41, 5.74) is 9.09. The number of rotatable bonds is 6. The van der Waals surface area contributed by atoms with E-state index in [9.17, 15) is 4.39 Å². The third-order valence-electron chi connectivity index (χ3n) is 4.36. The molecule has 4 aromatic rings. The first-order chi connectivity index (χ1) is 13.7. The summed E-state index contributed by atoms with van der Waals surface area (Å²) in [6.45, 7) is 0.546. The number of benzene rings is 1. The Hall–Kier alpha value is -3.45. The van der Waals surface area contributed by atoms with Gasteiger partial charge in [0.2, 0.25) is 0 Å². The Morgan fingerprint density at radius 2 is 1.82 bits per heavy atom. The van der Waals surface area contributed by atoms with Crippen LogP contribution in [-0.4, -0.2) is 31.3 Å². The van der Waals surface area contributed by atoms with Gasteiger partial charge in [-0.15, -0.1) is 0 Å². The van der Waals surface area contributed by atoms with E-state index < -0.39 is 0 Å². The standard InChI is InChI=1S/C21H19FN6/c22-18-4-5-19(21-25-11-15(6-7-23)12-26-21)17(10-18)9-16-13-27-28(14-16)20-3-1-2-8-24-20/h1-5,8,10-14H,6-7,9,23H2. The smallest absolute Gasteiger partial charge is 0.159 e. The zero-order valence-electron chi connectivity index (χ0n) is 15.2. The van der Waals surface area contributed by atoms with Crippen LogP contribution in [0.3, 0.4) is 0 Å². The fraction of sp³-hybridized carbons (Fsp3) is 0.143. The largest absolute Gasteiger partial charge is 0.330 e. The van der Waals surface area contributed by atoms with Crippen LogP contribution in [0.1, 0.15) is 16.7 Å². The molecule has 1 aromatic carbocycles. The molecule has 0 spiro atoms. The van der Waals surface area contributed by atoms with E-state index in [1.54, 1.807) is 35.5 Å². The fourth-order valence-electron chi connectivity index (χ4n) is 3.00. The number of nitrogens with two attached hydrogens (primary N) is 1. The number of pyridine rings is 1. The Kier molecular flexibility index (Phi) is 5.16. The SMILES string of the molecule is NCCc1cnc(-c2ccc(F)cc2Cc2cnn(-c3ccccn3)c2)nc1. The van der Waals surface area contributed by atoms with E-state index in [2.05, 4.69) is 20.1 Å². The van der Waals surface area contributed by atoms with Crippen LogP contribution < -0.4 is 5.73 Å². The maximum absolute atomic E-state index is 13.9. The minimum Gasteiger partial charge on any atom is -0.330 e. The second kappa shape index (κ2) is 8.06. The van der Waals surface area contributed by atoms with Crippen LogP contribution in [-0.2, 0) is 12.8 Å². The van der Waals surface area contributed by atoms with Crippen LogP contribution in [0.2, 0.25) is 0 Å². The molecule has 6 nitrogen and oxygen atoms in total. The van der Waals surface area contributed by atoms with Crippen LogP contribution in [0.5, 0.6) is 0 Å². The summed E-state index contributed by atoms with van der Waals surface area (Å²) in [6.07, 6.45) is 10.1. The topological polar surface area (TPSA) is 82.5 Å². The predicted octanol–water partition coefficient (Wildman–Crippen LogP) is 2.96. The lowest BCUT2D eigenvalue weighted by molar-refractivity contribution is 0.626. The molecule has 3 aromatic heterocycles. The summed E-state index contributed by atoms with van der Waals surface area (Å²) in [5.74, 6) is 0.996. The van der Waals surface area contributed by atoms with Gasteiger partial charge in [0.1, 0.15) is 5.82 Å². The highest BCUT2D eigenvalue weighted by Gasteiger charge is 2.12. The summed E-state index contributed by atoms with van der Waals surface area (Å²) < 4.78 is 15.6. The zero-order chi connectivity index (χ0) is 19.3. The highest BCUT2D eigenvalue weighted by atomic mass is 19.1. The van der Waals surface area contributed by atoms with Crippen LogP contribution in [0.15, 0.2) is 67.4 Å². The van der Waals surface area contributed by atoms with Gasteiger partial charge in [0.25, 0.3) is 0 Å². The van der Waals surface area contributed by atoms with Crippen LogP contribution in [0.25, 0.3) is 17.2 Å². The molecule has 28 heavy (non-hydrogen) atoms. The highest BCUT2D eigenvalue weighted by molar-refractivity contribution is 5.61. The van der Waals surface area contributed by atoms with Gasteiger partial charge in [0, 0.05) is 36.8 Å². The molecule has 140 valence electrons. The molecule has 0 aliphatic rings. The molecule has 2 N–H and O–H groups in total. The van der Waals surface area contributed by atoms with E-state index in [-0.39, 0.29) is 5.82 Å². The Morgan fingerprint density at radius 3 is 2.57 bits per heavy atom. The maximum atomic E-state index is 13.9. The number of aromatic nitrogens is 5. The Labute approximate surface area is 161 Å². The van der Waals surface area contributed by atoms with Gasteiger partial charge in [0.05, 0.1) is 6.20 Å². The van der Waals surface area contributed by atoms with Crippen molar-refractivity contribution in [3.05, 3.63) is 89.9 Å². The van der Waals surface area contributed by atoms with Gasteiger partial charge in [-0.3, -0.25) is 0 Å². The van der Waals surface area contributed by atoms with Crippen molar-refractivity contribution in [2.75, 3.05) is 6.54 Å². The summed E-state index contributed by atoms with van der Waals surface area (Å²) in [5, 5.41) is 4.36.